The van der Waals surface area contributed by atoms with Crippen molar-refractivity contribution in [2.45, 2.75) is 46.3 Å². The number of aromatic nitrogens is 2. The minimum Gasteiger partial charge on any atom is -0.491 e. The van der Waals surface area contributed by atoms with Crippen LogP contribution in [0.15, 0.2) is 42.5 Å². The van der Waals surface area contributed by atoms with Gasteiger partial charge in [-0.1, -0.05) is 18.2 Å². The molecule has 0 saturated carbocycles. The number of fused-ring (bicyclic) bond motifs is 1. The number of benzene rings is 2. The van der Waals surface area contributed by atoms with Crippen LogP contribution >= 0.6 is 0 Å². The quantitative estimate of drug-likeness (QED) is 0.644. The lowest BCUT2D eigenvalue weighted by atomic mass is 9.97. The van der Waals surface area contributed by atoms with E-state index in [9.17, 15) is 4.79 Å². The molecule has 1 fully saturated rings. The molecule has 30 heavy (non-hydrogen) atoms. The number of nitrogens with one attached hydrogen (secondary N) is 2. The van der Waals surface area contributed by atoms with Crippen LogP contribution in [0.2, 0.25) is 0 Å². The Kier molecular flexibility index (Phi) is 5.93. The van der Waals surface area contributed by atoms with Gasteiger partial charge in [0.1, 0.15) is 5.75 Å². The van der Waals surface area contributed by atoms with Crippen molar-refractivity contribution in [2.24, 2.45) is 5.92 Å². The second-order valence-electron chi connectivity index (χ2n) is 8.39. The second kappa shape index (κ2) is 8.78. The van der Waals surface area contributed by atoms with E-state index in [0.29, 0.717) is 13.1 Å². The van der Waals surface area contributed by atoms with Crippen molar-refractivity contribution in [1.82, 2.24) is 15.3 Å². The summed E-state index contributed by atoms with van der Waals surface area (Å²) in [5, 5.41) is 3.10. The van der Waals surface area contributed by atoms with Gasteiger partial charge in [0.05, 0.1) is 23.1 Å². The number of aromatic amines is 1. The van der Waals surface area contributed by atoms with Crippen LogP contribution < -0.4 is 15.0 Å². The summed E-state index contributed by atoms with van der Waals surface area (Å²) in [6.45, 7) is 8.22. The van der Waals surface area contributed by atoms with Crippen LogP contribution in [0.5, 0.6) is 5.75 Å². The van der Waals surface area contributed by atoms with Gasteiger partial charge >= 0.3 is 0 Å². The van der Waals surface area contributed by atoms with Gasteiger partial charge < -0.3 is 19.9 Å². The fourth-order valence-electron chi connectivity index (χ4n) is 3.93. The number of carbonyl (C=O) groups is 1. The van der Waals surface area contributed by atoms with Crippen LogP contribution in [0.3, 0.4) is 0 Å². The highest BCUT2D eigenvalue weighted by atomic mass is 16.5. The number of rotatable bonds is 6. The molecule has 1 amide bonds. The summed E-state index contributed by atoms with van der Waals surface area (Å²) < 4.78 is 5.67. The molecule has 0 spiro atoms. The number of piperidine rings is 1. The monoisotopic (exact) mass is 406 g/mol. The van der Waals surface area contributed by atoms with Crippen LogP contribution in [0.1, 0.15) is 37.8 Å². The molecule has 6 nitrogen and oxygen atoms in total. The Morgan fingerprint density at radius 3 is 2.83 bits per heavy atom. The molecular formula is C24H30N4O2. The lowest BCUT2D eigenvalue weighted by Gasteiger charge is -2.31. The Morgan fingerprint density at radius 1 is 1.27 bits per heavy atom. The van der Waals surface area contributed by atoms with Crippen LogP contribution in [0, 0.1) is 12.8 Å². The molecule has 2 N–H and O–H groups in total. The van der Waals surface area contributed by atoms with Crippen molar-refractivity contribution >= 4 is 22.9 Å². The highest BCUT2D eigenvalue weighted by Gasteiger charge is 2.27. The predicted octanol–water partition coefficient (Wildman–Crippen LogP) is 4.19. The minimum absolute atomic E-state index is 0.0303. The van der Waals surface area contributed by atoms with Crippen molar-refractivity contribution in [2.75, 3.05) is 18.0 Å². The van der Waals surface area contributed by atoms with E-state index in [1.165, 1.54) is 5.56 Å². The van der Waals surface area contributed by atoms with E-state index in [4.69, 9.17) is 9.72 Å². The van der Waals surface area contributed by atoms with Crippen molar-refractivity contribution in [3.63, 3.8) is 0 Å². The number of H-pyrrole nitrogens is 1. The molecule has 1 saturated heterocycles. The van der Waals surface area contributed by atoms with Crippen LogP contribution in [0.4, 0.5) is 5.95 Å². The Balaban J connectivity index is 1.35. The molecule has 0 radical (unpaired) electrons. The minimum atomic E-state index is -0.0303. The van der Waals surface area contributed by atoms with Gasteiger partial charge in [0, 0.05) is 19.6 Å². The second-order valence-corrected chi connectivity index (χ2v) is 8.39. The maximum atomic E-state index is 12.8. The number of carbonyl (C=O) groups excluding carboxylic acids is 1. The molecule has 1 atom stereocenters. The van der Waals surface area contributed by atoms with Crippen molar-refractivity contribution in [3.8, 4) is 5.75 Å². The molecule has 4 rings (SSSR count). The van der Waals surface area contributed by atoms with Gasteiger partial charge in [0.25, 0.3) is 0 Å². The van der Waals surface area contributed by atoms with Gasteiger partial charge in [-0.15, -0.1) is 0 Å². The Bertz CT molecular complexity index is 1010. The molecule has 6 heteroatoms. The molecule has 2 aromatic carbocycles. The number of anilines is 1. The molecule has 0 unspecified atom stereocenters. The smallest absolute Gasteiger partial charge is 0.225 e. The first-order chi connectivity index (χ1) is 14.5. The van der Waals surface area contributed by atoms with E-state index in [2.05, 4.69) is 34.3 Å². The zero-order chi connectivity index (χ0) is 21.1. The molecule has 1 aliphatic heterocycles. The van der Waals surface area contributed by atoms with Crippen molar-refractivity contribution < 1.29 is 9.53 Å². The summed E-state index contributed by atoms with van der Waals surface area (Å²) in [4.78, 5) is 23.1. The van der Waals surface area contributed by atoms with E-state index >= 15 is 0 Å². The van der Waals surface area contributed by atoms with E-state index in [-0.39, 0.29) is 17.9 Å². The lowest BCUT2D eigenvalue weighted by molar-refractivity contribution is -0.125. The fourth-order valence-corrected chi connectivity index (χ4v) is 3.93. The third kappa shape index (κ3) is 4.75. The third-order valence-corrected chi connectivity index (χ3v) is 5.48. The predicted molar refractivity (Wildman–Crippen MR) is 120 cm³/mol. The standard InChI is InChI=1S/C24H30N4O2/c1-16(2)30-20-9-7-18(8-10-20)14-25-23(29)19-5-4-12-28(15-19)24-26-21-11-6-17(3)13-22(21)27-24/h6-11,13,16,19H,4-5,12,14-15H2,1-3H3,(H,25,29)(H,26,27)/t19-/m1/s1. The molecule has 0 bridgehead atoms. The number of aryl methyl sites for hydroxylation is 1. The van der Waals surface area contributed by atoms with E-state index in [1.54, 1.807) is 0 Å². The van der Waals surface area contributed by atoms with E-state index in [0.717, 1.165) is 47.7 Å². The first kappa shape index (κ1) is 20.3. The zero-order valence-electron chi connectivity index (χ0n) is 17.9. The van der Waals surface area contributed by atoms with Gasteiger partial charge in [-0.25, -0.2) is 4.98 Å². The summed E-state index contributed by atoms with van der Waals surface area (Å²) in [6.07, 6.45) is 2.04. The molecule has 158 valence electrons. The van der Waals surface area contributed by atoms with Gasteiger partial charge in [-0.2, -0.15) is 0 Å². The van der Waals surface area contributed by atoms with Crippen LogP contribution in [-0.2, 0) is 11.3 Å². The Morgan fingerprint density at radius 2 is 2.07 bits per heavy atom. The number of ether oxygens (including phenoxy) is 1. The number of hydrogen-bond acceptors (Lipinski definition) is 4. The van der Waals surface area contributed by atoms with Gasteiger partial charge in [0.15, 0.2) is 0 Å². The fraction of sp³-hybridized carbons (Fsp3) is 0.417. The molecule has 2 heterocycles. The van der Waals surface area contributed by atoms with Crippen LogP contribution in [-0.4, -0.2) is 35.1 Å². The number of imidazole rings is 1. The molecule has 1 aliphatic rings. The first-order valence-electron chi connectivity index (χ1n) is 10.7. The summed E-state index contributed by atoms with van der Waals surface area (Å²) in [7, 11) is 0. The maximum absolute atomic E-state index is 12.8. The summed E-state index contributed by atoms with van der Waals surface area (Å²) >= 11 is 0. The van der Waals surface area contributed by atoms with E-state index < -0.39 is 0 Å². The maximum Gasteiger partial charge on any atom is 0.225 e. The molecule has 0 aliphatic carbocycles. The van der Waals surface area contributed by atoms with Crippen molar-refractivity contribution in [3.05, 3.63) is 53.6 Å². The lowest BCUT2D eigenvalue weighted by Crippen LogP contribution is -2.43. The average Bonchev–Trinajstić information content (AvgIpc) is 3.16. The molecule has 3 aromatic rings. The average molecular weight is 407 g/mol. The summed E-state index contributed by atoms with van der Waals surface area (Å²) in [6, 6.07) is 14.1. The highest BCUT2D eigenvalue weighted by molar-refractivity contribution is 5.80. The normalized spacial score (nSPS) is 16.8. The number of amides is 1. The van der Waals surface area contributed by atoms with Crippen LogP contribution in [0.25, 0.3) is 11.0 Å². The Hall–Kier alpha value is -3.02. The number of nitrogens with zero attached hydrogens (tertiary/aromatic N) is 2. The topological polar surface area (TPSA) is 70.2 Å². The number of hydrogen-bond donors (Lipinski definition) is 2. The first-order valence-corrected chi connectivity index (χ1v) is 10.7. The zero-order valence-corrected chi connectivity index (χ0v) is 17.9. The largest absolute Gasteiger partial charge is 0.491 e. The molecule has 1 aromatic heterocycles. The summed E-state index contributed by atoms with van der Waals surface area (Å²) in [5.74, 6) is 1.78. The SMILES string of the molecule is Cc1ccc2nc(N3CCC[C@@H](C(=O)NCc4ccc(OC(C)C)cc4)C3)[nH]c2c1. The van der Waals surface area contributed by atoms with Gasteiger partial charge in [-0.3, -0.25) is 4.79 Å². The van der Waals surface area contributed by atoms with E-state index in [1.807, 2.05) is 44.2 Å². The van der Waals surface area contributed by atoms with Crippen molar-refractivity contribution in [1.29, 1.82) is 0 Å². The highest BCUT2D eigenvalue weighted by Crippen LogP contribution is 2.24. The van der Waals surface area contributed by atoms with Gasteiger partial charge in [-0.05, 0) is 69.0 Å². The molecular weight excluding hydrogens is 376 g/mol. The Labute approximate surface area is 177 Å². The third-order valence-electron chi connectivity index (χ3n) is 5.48. The van der Waals surface area contributed by atoms with Gasteiger partial charge in [0.2, 0.25) is 11.9 Å². The summed E-state index contributed by atoms with van der Waals surface area (Å²) in [5.41, 5.74) is 4.28.